The third-order valence-electron chi connectivity index (χ3n) is 1.42. The van der Waals surface area contributed by atoms with Crippen molar-refractivity contribution >= 4 is 28.9 Å². The average molecular weight is 211 g/mol. The molecule has 5 nitrogen and oxygen atoms in total. The van der Waals surface area contributed by atoms with Crippen molar-refractivity contribution in [3.8, 4) is 0 Å². The Morgan fingerprint density at radius 2 is 2.07 bits per heavy atom. The Balaban J connectivity index is 0.000000461. The molecule has 0 aliphatic rings. The molecule has 0 radical (unpaired) electrons. The van der Waals surface area contributed by atoms with E-state index in [9.17, 15) is 0 Å². The monoisotopic (exact) mass is 211 g/mol. The van der Waals surface area contributed by atoms with Gasteiger partial charge in [0.05, 0.1) is 6.33 Å². The van der Waals surface area contributed by atoms with Crippen LogP contribution in [0.2, 0.25) is 0 Å². The van der Waals surface area contributed by atoms with Gasteiger partial charge in [0, 0.05) is 6.26 Å². The predicted molar refractivity (Wildman–Crippen MR) is 60.2 cm³/mol. The molecule has 2 N–H and O–H groups in total. The van der Waals surface area contributed by atoms with E-state index in [0.717, 1.165) is 11.3 Å². The molecule has 14 heavy (non-hydrogen) atoms. The van der Waals surface area contributed by atoms with Crippen molar-refractivity contribution in [1.29, 1.82) is 0 Å². The lowest BCUT2D eigenvalue weighted by molar-refractivity contribution is 1.21. The molecule has 0 unspecified atom stereocenters. The first kappa shape index (κ1) is 10.8. The summed E-state index contributed by atoms with van der Waals surface area (Å²) in [5.41, 5.74) is 1.52. The SMILES string of the molecule is CC.CSNc1ncnc2nc[nH]c12. The van der Waals surface area contributed by atoms with Crippen LogP contribution in [0.4, 0.5) is 5.82 Å². The number of nitrogens with one attached hydrogen (secondary N) is 2. The standard InChI is InChI=1S/C6H7N5S.C2H6/c1-12-11-6-4-5(8-2-7-4)9-3-10-6;1-2/h2-3H,1H3,(H2,7,8,9,10,11);1-2H3. The average Bonchev–Trinajstić information content (AvgIpc) is 2.70. The Bertz CT molecular complexity index is 386. The molecule has 0 amide bonds. The molecule has 2 heterocycles. The lowest BCUT2D eigenvalue weighted by Gasteiger charge is -1.99. The summed E-state index contributed by atoms with van der Waals surface area (Å²) in [5.74, 6) is 0.769. The maximum absolute atomic E-state index is 4.05. The first-order valence-electron chi connectivity index (χ1n) is 4.35. The van der Waals surface area contributed by atoms with Crippen molar-refractivity contribution in [2.75, 3.05) is 11.0 Å². The van der Waals surface area contributed by atoms with Crippen LogP contribution in [0.25, 0.3) is 11.2 Å². The quantitative estimate of drug-likeness (QED) is 0.744. The number of nitrogens with zero attached hydrogens (tertiary/aromatic N) is 3. The largest absolute Gasteiger partial charge is 0.340 e. The van der Waals surface area contributed by atoms with Gasteiger partial charge in [-0.3, -0.25) is 0 Å². The smallest absolute Gasteiger partial charge is 0.182 e. The summed E-state index contributed by atoms with van der Waals surface area (Å²) in [5, 5.41) is 0. The Hall–Kier alpha value is -1.30. The number of imidazole rings is 1. The summed E-state index contributed by atoms with van der Waals surface area (Å²) in [6.45, 7) is 4.00. The van der Waals surface area contributed by atoms with Gasteiger partial charge in [0.15, 0.2) is 11.5 Å². The van der Waals surface area contributed by atoms with Gasteiger partial charge >= 0.3 is 0 Å². The molecule has 2 rings (SSSR count). The van der Waals surface area contributed by atoms with Gasteiger partial charge in [0.2, 0.25) is 0 Å². The van der Waals surface area contributed by atoms with Crippen LogP contribution in [0.5, 0.6) is 0 Å². The summed E-state index contributed by atoms with van der Waals surface area (Å²) < 4.78 is 3.03. The van der Waals surface area contributed by atoms with Crippen LogP contribution in [0.3, 0.4) is 0 Å². The van der Waals surface area contributed by atoms with Crippen molar-refractivity contribution < 1.29 is 0 Å². The van der Waals surface area contributed by atoms with E-state index < -0.39 is 0 Å². The normalized spacial score (nSPS) is 9.36. The third-order valence-corrected chi connectivity index (χ3v) is 1.82. The van der Waals surface area contributed by atoms with E-state index in [2.05, 4.69) is 24.7 Å². The van der Waals surface area contributed by atoms with Gasteiger partial charge in [-0.15, -0.1) is 0 Å². The van der Waals surface area contributed by atoms with E-state index in [4.69, 9.17) is 0 Å². The van der Waals surface area contributed by atoms with Gasteiger partial charge in [0.25, 0.3) is 0 Å². The molecule has 0 fully saturated rings. The molecule has 2 aromatic heterocycles. The molecule has 2 aromatic rings. The topological polar surface area (TPSA) is 66.5 Å². The number of fused-ring (bicyclic) bond motifs is 1. The van der Waals surface area contributed by atoms with Crippen molar-refractivity contribution in [2.45, 2.75) is 13.8 Å². The van der Waals surface area contributed by atoms with Gasteiger partial charge in [-0.1, -0.05) is 25.8 Å². The van der Waals surface area contributed by atoms with Crippen LogP contribution in [0, 0.1) is 0 Å². The fourth-order valence-corrected chi connectivity index (χ4v) is 1.29. The minimum absolute atomic E-state index is 0.682. The summed E-state index contributed by atoms with van der Waals surface area (Å²) in [6.07, 6.45) is 5.02. The Morgan fingerprint density at radius 3 is 2.79 bits per heavy atom. The molecule has 76 valence electrons. The van der Waals surface area contributed by atoms with Crippen LogP contribution in [-0.2, 0) is 0 Å². The zero-order valence-corrected chi connectivity index (χ0v) is 9.22. The first-order valence-corrected chi connectivity index (χ1v) is 5.57. The zero-order valence-electron chi connectivity index (χ0n) is 8.40. The number of rotatable bonds is 2. The van der Waals surface area contributed by atoms with E-state index >= 15 is 0 Å². The maximum atomic E-state index is 4.05. The molecule has 0 saturated carbocycles. The van der Waals surface area contributed by atoms with E-state index in [-0.39, 0.29) is 0 Å². The highest BCUT2D eigenvalue weighted by Gasteiger charge is 2.03. The van der Waals surface area contributed by atoms with Gasteiger partial charge < -0.3 is 9.71 Å². The van der Waals surface area contributed by atoms with Crippen LogP contribution in [-0.4, -0.2) is 26.2 Å². The summed E-state index contributed by atoms with van der Waals surface area (Å²) in [4.78, 5) is 15.0. The molecule has 0 aliphatic carbocycles. The van der Waals surface area contributed by atoms with Crippen molar-refractivity contribution in [3.63, 3.8) is 0 Å². The number of hydrogen-bond donors (Lipinski definition) is 2. The van der Waals surface area contributed by atoms with E-state index in [0.29, 0.717) is 5.65 Å². The number of hydrogen-bond acceptors (Lipinski definition) is 5. The molecular weight excluding hydrogens is 198 g/mol. The Labute approximate surface area is 86.9 Å². The van der Waals surface area contributed by atoms with Crippen LogP contribution >= 0.6 is 11.9 Å². The number of H-pyrrole nitrogens is 1. The van der Waals surface area contributed by atoms with Gasteiger partial charge in [-0.05, 0) is 0 Å². The second-order valence-corrected chi connectivity index (χ2v) is 2.74. The molecule has 0 atom stereocenters. The summed E-state index contributed by atoms with van der Waals surface area (Å²) >= 11 is 1.48. The fraction of sp³-hybridized carbons (Fsp3) is 0.375. The number of aromatic amines is 1. The summed E-state index contributed by atoms with van der Waals surface area (Å²) in [7, 11) is 0. The second-order valence-electron chi connectivity index (χ2n) is 2.13. The second kappa shape index (κ2) is 5.43. The van der Waals surface area contributed by atoms with E-state index in [1.807, 2.05) is 20.1 Å². The molecule has 0 aliphatic heterocycles. The Kier molecular flexibility index (Phi) is 4.18. The van der Waals surface area contributed by atoms with E-state index in [1.165, 1.54) is 18.3 Å². The number of aromatic nitrogens is 4. The van der Waals surface area contributed by atoms with Gasteiger partial charge in [-0.2, -0.15) is 0 Å². The van der Waals surface area contributed by atoms with Gasteiger partial charge in [-0.25, -0.2) is 15.0 Å². The third kappa shape index (κ3) is 2.14. The molecular formula is C8H13N5S. The van der Waals surface area contributed by atoms with Crippen LogP contribution in [0.15, 0.2) is 12.7 Å². The lowest BCUT2D eigenvalue weighted by atomic mass is 10.5. The Morgan fingerprint density at radius 1 is 1.29 bits per heavy atom. The fourth-order valence-electron chi connectivity index (χ4n) is 0.939. The summed E-state index contributed by atoms with van der Waals surface area (Å²) in [6, 6.07) is 0. The predicted octanol–water partition coefficient (Wildman–Crippen LogP) is 2.07. The molecule has 0 bridgehead atoms. The lowest BCUT2D eigenvalue weighted by Crippen LogP contribution is -1.91. The van der Waals surface area contributed by atoms with Crippen molar-refractivity contribution in [2.24, 2.45) is 0 Å². The molecule has 6 heteroatoms. The van der Waals surface area contributed by atoms with Crippen molar-refractivity contribution in [3.05, 3.63) is 12.7 Å². The van der Waals surface area contributed by atoms with Crippen LogP contribution < -0.4 is 4.72 Å². The molecule has 0 spiro atoms. The highest BCUT2D eigenvalue weighted by atomic mass is 32.2. The van der Waals surface area contributed by atoms with E-state index in [1.54, 1.807) is 6.33 Å². The van der Waals surface area contributed by atoms with Crippen molar-refractivity contribution in [1.82, 2.24) is 19.9 Å². The highest BCUT2D eigenvalue weighted by molar-refractivity contribution is 7.99. The van der Waals surface area contributed by atoms with Crippen LogP contribution in [0.1, 0.15) is 13.8 Å². The minimum atomic E-state index is 0.682. The highest BCUT2D eigenvalue weighted by Crippen LogP contribution is 2.16. The first-order chi connectivity index (χ1) is 6.92. The zero-order chi connectivity index (χ0) is 10.4. The molecule has 0 aromatic carbocycles. The molecule has 0 saturated heterocycles. The number of anilines is 1. The van der Waals surface area contributed by atoms with Gasteiger partial charge in [0.1, 0.15) is 11.8 Å². The maximum Gasteiger partial charge on any atom is 0.182 e. The minimum Gasteiger partial charge on any atom is -0.340 e.